The van der Waals surface area contributed by atoms with E-state index in [1.807, 2.05) is 6.92 Å². The number of carbonyl (C=O) groups is 1. The highest BCUT2D eigenvalue weighted by Crippen LogP contribution is 2.44. The van der Waals surface area contributed by atoms with Gasteiger partial charge < -0.3 is 30.5 Å². The number of nitrogen functional groups attached to an aromatic ring is 1. The molecule has 14 nitrogen and oxygen atoms in total. The number of nitrogens with two attached hydrogens (primary N) is 1. The van der Waals surface area contributed by atoms with Crippen molar-refractivity contribution in [2.45, 2.75) is 57.3 Å². The number of nitrogens with zero attached hydrogens (tertiary/aromatic N) is 5. The first kappa shape index (κ1) is 29.5. The van der Waals surface area contributed by atoms with Crippen molar-refractivity contribution < 1.29 is 37.7 Å². The number of imidazole rings is 1. The highest BCUT2D eigenvalue weighted by atomic mass is 31.1. The van der Waals surface area contributed by atoms with Crippen LogP contribution in [-0.4, -0.2) is 79.6 Å². The van der Waals surface area contributed by atoms with E-state index >= 15 is 4.39 Å². The van der Waals surface area contributed by atoms with Crippen molar-refractivity contribution in [3.8, 4) is 5.75 Å². The van der Waals surface area contributed by atoms with Crippen molar-refractivity contribution in [3.63, 3.8) is 0 Å². The molecule has 1 aliphatic heterocycles. The van der Waals surface area contributed by atoms with E-state index in [1.165, 1.54) is 31.9 Å². The predicted octanol–water partition coefficient (Wildman–Crippen LogP) is 2.75. The minimum atomic E-state index is -2.83. The molecule has 0 saturated carbocycles. The second-order valence-electron chi connectivity index (χ2n) is 9.24. The molecule has 1 aromatic carbocycles. The van der Waals surface area contributed by atoms with Gasteiger partial charge in [-0.1, -0.05) is 25.1 Å². The summed E-state index contributed by atoms with van der Waals surface area (Å²) in [6.07, 6.45) is -2.17. The van der Waals surface area contributed by atoms with Gasteiger partial charge in [0.25, 0.3) is 0 Å². The number of aliphatic hydroxyl groups is 1. The van der Waals surface area contributed by atoms with Gasteiger partial charge in [0.05, 0.1) is 13.4 Å². The number of fused-ring (bicyclic) bond motifs is 1. The number of halogens is 1. The van der Waals surface area contributed by atoms with E-state index in [9.17, 15) is 14.5 Å². The summed E-state index contributed by atoms with van der Waals surface area (Å²) in [6, 6.07) is 7.20. The quantitative estimate of drug-likeness (QED) is 0.162. The average molecular weight is 581 g/mol. The summed E-state index contributed by atoms with van der Waals surface area (Å²) in [4.78, 5) is 31.3. The van der Waals surface area contributed by atoms with Gasteiger partial charge >= 0.3 is 14.1 Å². The molecular weight excluding hydrogens is 548 g/mol. The lowest BCUT2D eigenvalue weighted by Gasteiger charge is -2.24. The Hall–Kier alpha value is -3.49. The molecule has 216 valence electrons. The first-order valence-electron chi connectivity index (χ1n) is 12.5. The Labute approximate surface area is 230 Å². The minimum Gasteiger partial charge on any atom is -0.468 e. The number of hydroxylamine groups is 1. The van der Waals surface area contributed by atoms with Crippen molar-refractivity contribution in [2.24, 2.45) is 0 Å². The maximum absolute atomic E-state index is 15.9. The number of nitrogens with one attached hydrogen (secondary N) is 1. The van der Waals surface area contributed by atoms with E-state index in [0.29, 0.717) is 23.6 Å². The third kappa shape index (κ3) is 5.98. The van der Waals surface area contributed by atoms with Crippen molar-refractivity contribution in [2.75, 3.05) is 31.3 Å². The molecule has 3 heterocycles. The number of anilines is 2. The van der Waals surface area contributed by atoms with Crippen LogP contribution in [0.15, 0.2) is 36.7 Å². The van der Waals surface area contributed by atoms with Crippen LogP contribution >= 0.6 is 8.18 Å². The Morgan fingerprint density at radius 3 is 2.77 bits per heavy atom. The Balaban J connectivity index is 1.52. The number of esters is 1. The lowest BCUT2D eigenvalue weighted by Crippen LogP contribution is -2.41. The molecule has 16 heteroatoms. The maximum atomic E-state index is 15.9. The minimum absolute atomic E-state index is 0.0536. The van der Waals surface area contributed by atoms with Gasteiger partial charge in [-0.25, -0.2) is 9.37 Å². The molecule has 3 aromatic rings. The second-order valence-corrected chi connectivity index (χ2v) is 10.4. The first-order chi connectivity index (χ1) is 19.1. The molecule has 0 aliphatic carbocycles. The fourth-order valence-electron chi connectivity index (χ4n) is 4.12. The van der Waals surface area contributed by atoms with Crippen LogP contribution in [0.5, 0.6) is 5.75 Å². The molecule has 1 saturated heterocycles. The zero-order valence-corrected chi connectivity index (χ0v) is 23.3. The first-order valence-corrected chi connectivity index (χ1v) is 13.7. The van der Waals surface area contributed by atoms with E-state index < -0.39 is 50.9 Å². The van der Waals surface area contributed by atoms with Crippen LogP contribution in [0.2, 0.25) is 0 Å². The van der Waals surface area contributed by atoms with Gasteiger partial charge in [0, 0.05) is 6.54 Å². The molecule has 40 heavy (non-hydrogen) atoms. The van der Waals surface area contributed by atoms with Gasteiger partial charge in [0.2, 0.25) is 5.95 Å². The molecule has 2 aromatic heterocycles. The molecule has 0 radical (unpaired) electrons. The Bertz CT molecular complexity index is 1350. The van der Waals surface area contributed by atoms with E-state index in [1.54, 1.807) is 30.3 Å². The highest BCUT2D eigenvalue weighted by Gasteiger charge is 2.56. The number of hydrogen-bond acceptors (Lipinski definition) is 12. The number of alkyl halides is 1. The average Bonchev–Trinajstić information content (AvgIpc) is 3.46. The molecular formula is C24H32FN7O7P+. The molecule has 1 aliphatic rings. The number of hydrogen-bond donors (Lipinski definition) is 3. The molecule has 0 bridgehead atoms. The van der Waals surface area contributed by atoms with Crippen LogP contribution in [0.4, 0.5) is 16.2 Å². The zero-order valence-electron chi connectivity index (χ0n) is 22.4. The molecule has 6 atom stereocenters. The van der Waals surface area contributed by atoms with Crippen LogP contribution in [0.25, 0.3) is 11.2 Å². The van der Waals surface area contributed by atoms with E-state index in [2.05, 4.69) is 20.3 Å². The summed E-state index contributed by atoms with van der Waals surface area (Å²) in [6.45, 7) is 4.67. The number of rotatable bonds is 12. The lowest BCUT2D eigenvalue weighted by molar-refractivity contribution is -0.152. The van der Waals surface area contributed by atoms with Crippen LogP contribution in [0.3, 0.4) is 0 Å². The summed E-state index contributed by atoms with van der Waals surface area (Å²) in [5, 5.41) is 13.9. The van der Waals surface area contributed by atoms with Crippen LogP contribution in [-0.2, 0) is 23.4 Å². The summed E-state index contributed by atoms with van der Waals surface area (Å²) in [5.74, 6) is -0.100. The van der Waals surface area contributed by atoms with Gasteiger partial charge in [0.15, 0.2) is 40.7 Å². The number of carbonyl (C=O) groups excluding carboxylic acids is 1. The predicted molar refractivity (Wildman–Crippen MR) is 142 cm³/mol. The molecule has 0 spiro atoms. The second kappa shape index (κ2) is 12.4. The van der Waals surface area contributed by atoms with E-state index in [0.717, 1.165) is 11.3 Å². The number of ether oxygens (including phenoxy) is 2. The standard InChI is InChI=1S/C24H32FN7O7P/c1-5-11-27-19-17-20(30-23(26)29-19)31(13-28-17)22-24(3,25)18(33)16(38-22)12-37-40(35)32(14(2)21(34)36-4)39-15-9-7-6-8-10-15/h6-10,13-14,16,18,22,33H,5,11-12H2,1-4H3,(H3,26,27,29,30)/q+1/t14?,16-,18-,22-,24-/m1/s1. The summed E-state index contributed by atoms with van der Waals surface area (Å²) >= 11 is 0. The number of aromatic nitrogens is 4. The van der Waals surface area contributed by atoms with Gasteiger partial charge in [0.1, 0.15) is 23.6 Å². The van der Waals surface area contributed by atoms with Gasteiger partial charge in [-0.3, -0.25) is 9.36 Å². The Morgan fingerprint density at radius 1 is 1.38 bits per heavy atom. The van der Waals surface area contributed by atoms with Crippen molar-refractivity contribution in [1.29, 1.82) is 0 Å². The van der Waals surface area contributed by atoms with E-state index in [4.69, 9.17) is 24.6 Å². The third-order valence-corrected chi connectivity index (χ3v) is 7.40. The number of benzene rings is 1. The summed E-state index contributed by atoms with van der Waals surface area (Å²) < 4.78 is 46.4. The normalized spacial score (nSPS) is 23.8. The Kier molecular flexibility index (Phi) is 9.11. The Morgan fingerprint density at radius 2 is 2.10 bits per heavy atom. The molecule has 0 amide bonds. The van der Waals surface area contributed by atoms with E-state index in [-0.39, 0.29) is 11.6 Å². The third-order valence-electron chi connectivity index (χ3n) is 6.28. The summed E-state index contributed by atoms with van der Waals surface area (Å²) in [7, 11) is -1.65. The lowest BCUT2D eigenvalue weighted by atomic mass is 9.98. The van der Waals surface area contributed by atoms with Crippen molar-refractivity contribution in [3.05, 3.63) is 36.7 Å². The van der Waals surface area contributed by atoms with Gasteiger partial charge in [-0.15, -0.1) is 4.52 Å². The van der Waals surface area contributed by atoms with Gasteiger partial charge in [-0.2, -0.15) is 9.97 Å². The number of para-hydroxylation sites is 1. The van der Waals surface area contributed by atoms with Crippen LogP contribution in [0.1, 0.15) is 33.4 Å². The smallest absolute Gasteiger partial charge is 0.468 e. The molecule has 4 rings (SSSR count). The summed E-state index contributed by atoms with van der Waals surface area (Å²) in [5.41, 5.74) is 4.10. The molecule has 1 fully saturated rings. The zero-order chi connectivity index (χ0) is 29.0. The maximum Gasteiger partial charge on any atom is 0.653 e. The van der Waals surface area contributed by atoms with Crippen molar-refractivity contribution >= 4 is 37.1 Å². The SMILES string of the molecule is CCCNc1nc(N)nc2c1ncn2[C@@H]1O[C@H](CO[P+](=O)N(Oc2ccccc2)C(C)C(=O)OC)[C@@H](O)[C@@]1(C)F. The highest BCUT2D eigenvalue weighted by molar-refractivity contribution is 7.36. The number of methoxy groups -OCH3 is 1. The fourth-order valence-corrected chi connectivity index (χ4v) is 5.05. The van der Waals surface area contributed by atoms with Crippen LogP contribution in [0, 0.1) is 0 Å². The number of aliphatic hydroxyl groups excluding tert-OH is 1. The fraction of sp³-hybridized carbons (Fsp3) is 0.500. The topological polar surface area (TPSA) is 176 Å². The largest absolute Gasteiger partial charge is 0.653 e. The van der Waals surface area contributed by atoms with Crippen molar-refractivity contribution in [1.82, 2.24) is 24.4 Å². The van der Waals surface area contributed by atoms with Gasteiger partial charge in [-0.05, 0) is 37.0 Å². The monoisotopic (exact) mass is 580 g/mol. The molecule has 2 unspecified atom stereocenters. The van der Waals surface area contributed by atoms with Crippen LogP contribution < -0.4 is 15.9 Å². The molecule has 4 N–H and O–H groups in total.